The first kappa shape index (κ1) is 20.9. The van der Waals surface area contributed by atoms with Gasteiger partial charge in [-0.1, -0.05) is 30.3 Å². The lowest BCUT2D eigenvalue weighted by Crippen LogP contribution is -2.37. The van der Waals surface area contributed by atoms with Gasteiger partial charge in [-0.15, -0.1) is 36.2 Å². The summed E-state index contributed by atoms with van der Waals surface area (Å²) < 4.78 is 0. The first-order chi connectivity index (χ1) is 10.8. The molecule has 4 nitrogen and oxygen atoms in total. The van der Waals surface area contributed by atoms with Gasteiger partial charge in [-0.2, -0.15) is 0 Å². The molecule has 0 atom stereocenters. The normalized spacial score (nSPS) is 12.9. The molecule has 1 fully saturated rings. The number of nitrogens with zero attached hydrogens (tertiary/aromatic N) is 2. The molecule has 1 aromatic heterocycles. The van der Waals surface area contributed by atoms with E-state index < -0.39 is 0 Å². The third-order valence-electron chi connectivity index (χ3n) is 3.87. The Morgan fingerprint density at radius 3 is 2.54 bits per heavy atom. The van der Waals surface area contributed by atoms with Gasteiger partial charge >= 0.3 is 0 Å². The maximum atomic E-state index is 12.6. The Bertz CT molecular complexity index is 632. The van der Waals surface area contributed by atoms with Crippen LogP contribution in [0.4, 0.5) is 0 Å². The van der Waals surface area contributed by atoms with E-state index in [9.17, 15) is 4.79 Å². The Morgan fingerprint density at radius 1 is 1.21 bits per heavy atom. The van der Waals surface area contributed by atoms with E-state index >= 15 is 0 Å². The van der Waals surface area contributed by atoms with E-state index in [1.807, 2.05) is 28.5 Å². The molecule has 1 aliphatic carbocycles. The highest BCUT2D eigenvalue weighted by Crippen LogP contribution is 2.41. The van der Waals surface area contributed by atoms with E-state index in [1.54, 1.807) is 11.3 Å². The van der Waals surface area contributed by atoms with Crippen LogP contribution in [0.1, 0.15) is 39.8 Å². The molecule has 24 heavy (non-hydrogen) atoms. The van der Waals surface area contributed by atoms with Crippen LogP contribution in [0.25, 0.3) is 0 Å². The van der Waals surface area contributed by atoms with Crippen LogP contribution in [-0.4, -0.2) is 35.4 Å². The molecule has 132 valence electrons. The highest BCUT2D eigenvalue weighted by atomic mass is 35.5. The van der Waals surface area contributed by atoms with Crippen LogP contribution >= 0.6 is 36.2 Å². The fourth-order valence-corrected chi connectivity index (χ4v) is 3.41. The highest BCUT2D eigenvalue weighted by molar-refractivity contribution is 7.10. The number of aromatic nitrogens is 1. The molecule has 1 amide bonds. The average molecular weight is 388 g/mol. The van der Waals surface area contributed by atoms with Crippen LogP contribution in [0.2, 0.25) is 0 Å². The first-order valence-corrected chi connectivity index (χ1v) is 8.64. The molecule has 0 saturated heterocycles. The van der Waals surface area contributed by atoms with Crippen molar-refractivity contribution in [3.05, 3.63) is 52.0 Å². The lowest BCUT2D eigenvalue weighted by molar-refractivity contribution is 0.0757. The van der Waals surface area contributed by atoms with E-state index in [-0.39, 0.29) is 30.7 Å². The van der Waals surface area contributed by atoms with Gasteiger partial charge in [0.05, 0.1) is 5.01 Å². The summed E-state index contributed by atoms with van der Waals surface area (Å²) in [5.74, 6) is 0.600. The zero-order valence-electron chi connectivity index (χ0n) is 13.4. The second-order valence-electron chi connectivity index (χ2n) is 5.66. The van der Waals surface area contributed by atoms with Gasteiger partial charge in [0.2, 0.25) is 0 Å². The van der Waals surface area contributed by atoms with Gasteiger partial charge in [0.1, 0.15) is 5.69 Å². The standard InChI is InChI=1S/C17H21N3OS.2ClH/c18-9-11-20(10-8-13-4-2-1-3-5-13)17(21)15-12-22-16(19-15)14-6-7-14;;/h1-5,12,14H,6-11,18H2;2*1H. The Morgan fingerprint density at radius 2 is 1.92 bits per heavy atom. The smallest absolute Gasteiger partial charge is 0.273 e. The number of benzene rings is 1. The molecular weight excluding hydrogens is 365 g/mol. The summed E-state index contributed by atoms with van der Waals surface area (Å²) >= 11 is 1.61. The SMILES string of the molecule is Cl.Cl.NCCN(CCc1ccccc1)C(=O)c1csc(C2CC2)n1. The molecule has 1 saturated carbocycles. The number of nitrogens with two attached hydrogens (primary N) is 1. The van der Waals surface area contributed by atoms with Crippen LogP contribution in [0, 0.1) is 0 Å². The zero-order valence-corrected chi connectivity index (χ0v) is 15.8. The van der Waals surface area contributed by atoms with Crippen LogP contribution < -0.4 is 5.73 Å². The van der Waals surface area contributed by atoms with Crippen LogP contribution in [0.5, 0.6) is 0 Å². The minimum atomic E-state index is 0. The predicted octanol–water partition coefficient (Wildman–Crippen LogP) is 3.51. The quantitative estimate of drug-likeness (QED) is 0.790. The van der Waals surface area contributed by atoms with Crippen molar-refractivity contribution < 1.29 is 4.79 Å². The Hall–Kier alpha value is -1.14. The second-order valence-corrected chi connectivity index (χ2v) is 6.55. The van der Waals surface area contributed by atoms with Gasteiger partial charge in [0.25, 0.3) is 5.91 Å². The van der Waals surface area contributed by atoms with Crippen molar-refractivity contribution in [2.75, 3.05) is 19.6 Å². The largest absolute Gasteiger partial charge is 0.336 e. The van der Waals surface area contributed by atoms with E-state index in [0.717, 1.165) is 11.4 Å². The summed E-state index contributed by atoms with van der Waals surface area (Å²) in [6, 6.07) is 10.2. The third-order valence-corrected chi connectivity index (χ3v) is 4.87. The summed E-state index contributed by atoms with van der Waals surface area (Å²) in [4.78, 5) is 19.0. The maximum absolute atomic E-state index is 12.6. The number of amides is 1. The van der Waals surface area contributed by atoms with E-state index in [0.29, 0.717) is 31.2 Å². The predicted molar refractivity (Wildman–Crippen MR) is 104 cm³/mol. The molecule has 0 radical (unpaired) electrons. The number of hydrogen-bond acceptors (Lipinski definition) is 4. The molecule has 1 aliphatic rings. The lowest BCUT2D eigenvalue weighted by atomic mass is 10.1. The minimum Gasteiger partial charge on any atom is -0.336 e. The molecule has 2 aromatic rings. The third kappa shape index (κ3) is 5.45. The second kappa shape index (κ2) is 9.99. The lowest BCUT2D eigenvalue weighted by Gasteiger charge is -2.21. The van der Waals surface area contributed by atoms with Crippen molar-refractivity contribution in [3.63, 3.8) is 0 Å². The molecule has 0 spiro atoms. The van der Waals surface area contributed by atoms with E-state index in [1.165, 1.54) is 18.4 Å². The molecule has 1 aromatic carbocycles. The van der Waals surface area contributed by atoms with Crippen molar-refractivity contribution in [2.45, 2.75) is 25.2 Å². The van der Waals surface area contributed by atoms with Crippen molar-refractivity contribution in [1.82, 2.24) is 9.88 Å². The van der Waals surface area contributed by atoms with Crippen molar-refractivity contribution in [2.24, 2.45) is 5.73 Å². The topological polar surface area (TPSA) is 59.2 Å². The van der Waals surface area contributed by atoms with Gasteiger partial charge < -0.3 is 10.6 Å². The van der Waals surface area contributed by atoms with Crippen LogP contribution in [-0.2, 0) is 6.42 Å². The molecule has 0 unspecified atom stereocenters. The number of halogens is 2. The van der Waals surface area contributed by atoms with Crippen LogP contribution in [0.3, 0.4) is 0 Å². The minimum absolute atomic E-state index is 0. The molecule has 0 aliphatic heterocycles. The Kier molecular flexibility index (Phi) is 8.70. The summed E-state index contributed by atoms with van der Waals surface area (Å²) in [6.07, 6.45) is 3.26. The number of rotatable bonds is 7. The summed E-state index contributed by atoms with van der Waals surface area (Å²) in [7, 11) is 0. The molecule has 2 N–H and O–H groups in total. The summed E-state index contributed by atoms with van der Waals surface area (Å²) in [6.45, 7) is 1.72. The summed E-state index contributed by atoms with van der Waals surface area (Å²) in [5, 5.41) is 3.00. The molecule has 1 heterocycles. The van der Waals surface area contributed by atoms with Crippen molar-refractivity contribution in [1.29, 1.82) is 0 Å². The zero-order chi connectivity index (χ0) is 15.4. The highest BCUT2D eigenvalue weighted by Gasteiger charge is 2.28. The first-order valence-electron chi connectivity index (χ1n) is 7.76. The van der Waals surface area contributed by atoms with Gasteiger partial charge in [-0.05, 0) is 24.8 Å². The molecule has 0 bridgehead atoms. The number of thiazole rings is 1. The van der Waals surface area contributed by atoms with Gasteiger partial charge in [-0.3, -0.25) is 4.79 Å². The number of carbonyl (C=O) groups excluding carboxylic acids is 1. The Labute approximate surface area is 159 Å². The average Bonchev–Trinajstić information content (AvgIpc) is 3.29. The van der Waals surface area contributed by atoms with Crippen molar-refractivity contribution >= 4 is 42.1 Å². The van der Waals surface area contributed by atoms with Crippen LogP contribution in [0.15, 0.2) is 35.7 Å². The Balaban J connectivity index is 0.00000144. The van der Waals surface area contributed by atoms with E-state index in [4.69, 9.17) is 5.73 Å². The molecule has 3 rings (SSSR count). The van der Waals surface area contributed by atoms with Gasteiger partial charge in [0, 0.05) is 30.9 Å². The number of carbonyl (C=O) groups is 1. The summed E-state index contributed by atoms with van der Waals surface area (Å²) in [5.41, 5.74) is 7.47. The fourth-order valence-electron chi connectivity index (χ4n) is 2.45. The monoisotopic (exact) mass is 387 g/mol. The van der Waals surface area contributed by atoms with E-state index in [2.05, 4.69) is 17.1 Å². The number of hydrogen-bond donors (Lipinski definition) is 1. The van der Waals surface area contributed by atoms with Gasteiger partial charge in [0.15, 0.2) is 0 Å². The molecular formula is C17H23Cl2N3OS. The van der Waals surface area contributed by atoms with Crippen molar-refractivity contribution in [3.8, 4) is 0 Å². The fraction of sp³-hybridized carbons (Fsp3) is 0.412. The maximum Gasteiger partial charge on any atom is 0.273 e. The van der Waals surface area contributed by atoms with Gasteiger partial charge in [-0.25, -0.2) is 4.98 Å². The molecule has 7 heteroatoms.